The summed E-state index contributed by atoms with van der Waals surface area (Å²) >= 11 is 0. The Hall–Kier alpha value is -1.03. The van der Waals surface area contributed by atoms with Gasteiger partial charge in [0.15, 0.2) is 9.84 Å². The highest BCUT2D eigenvalue weighted by molar-refractivity contribution is 7.92. The third-order valence-corrected chi connectivity index (χ3v) is 6.10. The molecule has 0 aliphatic carbocycles. The van der Waals surface area contributed by atoms with Gasteiger partial charge in [0.05, 0.1) is 11.9 Å². The summed E-state index contributed by atoms with van der Waals surface area (Å²) in [4.78, 5) is 0.314. The number of hydrogen-bond acceptors (Lipinski definition) is 3. The minimum absolute atomic E-state index is 0.107. The summed E-state index contributed by atoms with van der Waals surface area (Å²) in [5, 5.41) is -0.470. The van der Waals surface area contributed by atoms with E-state index in [9.17, 15) is 8.42 Å². The summed E-state index contributed by atoms with van der Waals surface area (Å²) in [5.74, 6) is 0.455. The normalized spacial score (nSPS) is 13.4. The van der Waals surface area contributed by atoms with E-state index < -0.39 is 15.1 Å². The van der Waals surface area contributed by atoms with Gasteiger partial charge >= 0.3 is 0 Å². The van der Waals surface area contributed by atoms with Crippen molar-refractivity contribution >= 4 is 9.84 Å². The van der Waals surface area contributed by atoms with Gasteiger partial charge in [-0.25, -0.2) is 8.42 Å². The number of hydrogen-bond donors (Lipinski definition) is 0. The van der Waals surface area contributed by atoms with Crippen molar-refractivity contribution in [1.82, 2.24) is 0 Å². The van der Waals surface area contributed by atoms with E-state index in [1.165, 1.54) is 0 Å². The molecule has 4 heteroatoms. The van der Waals surface area contributed by atoms with E-state index in [1.54, 1.807) is 19.9 Å². The molecular formula is C19H32O3S. The Morgan fingerprint density at radius 1 is 1.09 bits per heavy atom. The highest BCUT2D eigenvalue weighted by Crippen LogP contribution is 2.39. The van der Waals surface area contributed by atoms with E-state index in [1.807, 2.05) is 19.1 Å². The lowest BCUT2D eigenvalue weighted by Gasteiger charge is -2.33. The molecule has 0 aliphatic heterocycles. The maximum absolute atomic E-state index is 12.7. The van der Waals surface area contributed by atoms with E-state index in [0.717, 1.165) is 12.0 Å². The molecule has 1 aromatic carbocycles. The van der Waals surface area contributed by atoms with Crippen LogP contribution in [0.3, 0.4) is 0 Å². The van der Waals surface area contributed by atoms with E-state index in [4.69, 9.17) is 4.74 Å². The van der Waals surface area contributed by atoms with Gasteiger partial charge in [-0.05, 0) is 55.7 Å². The average molecular weight is 341 g/mol. The van der Waals surface area contributed by atoms with Gasteiger partial charge in [0.1, 0.15) is 10.6 Å². The molecule has 0 saturated heterocycles. The summed E-state index contributed by atoms with van der Waals surface area (Å²) in [7, 11) is -3.38. The van der Waals surface area contributed by atoms with Gasteiger partial charge in [0.2, 0.25) is 0 Å². The summed E-state index contributed by atoms with van der Waals surface area (Å²) in [5.41, 5.74) is 1.10. The summed E-state index contributed by atoms with van der Waals surface area (Å²) in [6.07, 6.45) is 0.967. The van der Waals surface area contributed by atoms with Crippen LogP contribution in [0.1, 0.15) is 67.4 Å². The quantitative estimate of drug-likeness (QED) is 0.733. The number of benzene rings is 1. The van der Waals surface area contributed by atoms with Crippen molar-refractivity contribution in [2.24, 2.45) is 5.41 Å². The number of ether oxygens (including phenoxy) is 1. The molecule has 0 heterocycles. The molecule has 1 aromatic rings. The SMILES string of the molecule is CCOc1ccc(C(C)(C)CC(C)(C)C)cc1S(=O)(=O)C(C)C. The van der Waals surface area contributed by atoms with Gasteiger partial charge < -0.3 is 4.74 Å². The zero-order valence-corrected chi connectivity index (χ0v) is 16.7. The van der Waals surface area contributed by atoms with Crippen LogP contribution in [0.4, 0.5) is 0 Å². The first-order valence-electron chi connectivity index (χ1n) is 8.32. The molecule has 0 saturated carbocycles. The fraction of sp³-hybridized carbons (Fsp3) is 0.684. The first kappa shape index (κ1) is 20.0. The van der Waals surface area contributed by atoms with Gasteiger partial charge in [0.25, 0.3) is 0 Å². The topological polar surface area (TPSA) is 43.4 Å². The molecule has 0 bridgehead atoms. The van der Waals surface area contributed by atoms with E-state index in [-0.39, 0.29) is 10.8 Å². The van der Waals surface area contributed by atoms with Crippen LogP contribution in [-0.4, -0.2) is 20.3 Å². The van der Waals surface area contributed by atoms with Crippen LogP contribution in [-0.2, 0) is 15.3 Å². The first-order chi connectivity index (χ1) is 10.3. The summed E-state index contributed by atoms with van der Waals surface area (Å²) in [6.45, 7) is 16.7. The minimum atomic E-state index is -3.38. The molecule has 132 valence electrons. The number of rotatable bonds is 6. The second-order valence-corrected chi connectivity index (χ2v) is 10.8. The Balaban J connectivity index is 3.45. The molecule has 0 spiro atoms. The first-order valence-corrected chi connectivity index (χ1v) is 9.87. The molecule has 1 rings (SSSR count). The Kier molecular flexibility index (Phi) is 5.95. The van der Waals surface area contributed by atoms with Crippen LogP contribution < -0.4 is 4.74 Å². The van der Waals surface area contributed by atoms with Gasteiger partial charge in [-0.3, -0.25) is 0 Å². The fourth-order valence-electron chi connectivity index (χ4n) is 3.11. The zero-order chi connectivity index (χ0) is 18.1. The Morgan fingerprint density at radius 3 is 2.09 bits per heavy atom. The van der Waals surface area contributed by atoms with Crippen LogP contribution >= 0.6 is 0 Å². The largest absolute Gasteiger partial charge is 0.493 e. The van der Waals surface area contributed by atoms with Crippen LogP contribution in [0.25, 0.3) is 0 Å². The predicted octanol–water partition coefficient (Wildman–Crippen LogP) is 4.98. The van der Waals surface area contributed by atoms with Crippen molar-refractivity contribution < 1.29 is 13.2 Å². The van der Waals surface area contributed by atoms with Gasteiger partial charge in [-0.15, -0.1) is 0 Å². The van der Waals surface area contributed by atoms with E-state index >= 15 is 0 Å². The zero-order valence-electron chi connectivity index (χ0n) is 15.9. The third kappa shape index (κ3) is 4.97. The molecule has 0 aliphatic rings. The standard InChI is InChI=1S/C19H32O3S/c1-9-22-16-11-10-15(19(7,8)13-18(4,5)6)12-17(16)23(20,21)14(2)3/h10-12,14H,9,13H2,1-8H3. The Morgan fingerprint density at radius 2 is 1.65 bits per heavy atom. The minimum Gasteiger partial charge on any atom is -0.493 e. The highest BCUT2D eigenvalue weighted by Gasteiger charge is 2.30. The van der Waals surface area contributed by atoms with Gasteiger partial charge in [-0.1, -0.05) is 40.7 Å². The van der Waals surface area contributed by atoms with Crippen molar-refractivity contribution in [2.45, 2.75) is 77.4 Å². The average Bonchev–Trinajstić information content (AvgIpc) is 2.36. The summed E-state index contributed by atoms with van der Waals surface area (Å²) in [6, 6.07) is 5.61. The molecule has 0 fully saturated rings. The maximum Gasteiger partial charge on any atom is 0.184 e. The van der Waals surface area contributed by atoms with Crippen LogP contribution in [0.15, 0.2) is 23.1 Å². The lowest BCUT2D eigenvalue weighted by molar-refractivity contribution is 0.283. The molecule has 0 N–H and O–H groups in total. The second kappa shape index (κ2) is 6.84. The maximum atomic E-state index is 12.7. The van der Waals surface area contributed by atoms with Crippen molar-refractivity contribution in [2.75, 3.05) is 6.61 Å². The fourth-order valence-corrected chi connectivity index (χ4v) is 4.31. The number of sulfone groups is 1. The molecule has 0 amide bonds. The molecule has 0 atom stereocenters. The van der Waals surface area contributed by atoms with Crippen molar-refractivity contribution in [3.63, 3.8) is 0 Å². The molecule has 3 nitrogen and oxygen atoms in total. The molecule has 0 aromatic heterocycles. The lowest BCUT2D eigenvalue weighted by atomic mass is 9.72. The van der Waals surface area contributed by atoms with Gasteiger partial charge in [-0.2, -0.15) is 0 Å². The molecule has 0 radical (unpaired) electrons. The van der Waals surface area contributed by atoms with Crippen molar-refractivity contribution in [3.8, 4) is 5.75 Å². The predicted molar refractivity (Wildman–Crippen MR) is 97.0 cm³/mol. The smallest absolute Gasteiger partial charge is 0.184 e. The van der Waals surface area contributed by atoms with Crippen LogP contribution in [0.5, 0.6) is 5.75 Å². The third-order valence-electron chi connectivity index (χ3n) is 3.92. The molecular weight excluding hydrogens is 308 g/mol. The van der Waals surface area contributed by atoms with Gasteiger partial charge in [0, 0.05) is 0 Å². The second-order valence-electron chi connectivity index (χ2n) is 8.31. The molecule has 23 heavy (non-hydrogen) atoms. The molecule has 0 unspecified atom stereocenters. The van der Waals surface area contributed by atoms with E-state index in [2.05, 4.69) is 34.6 Å². The van der Waals surface area contributed by atoms with Crippen molar-refractivity contribution in [3.05, 3.63) is 23.8 Å². The van der Waals surface area contributed by atoms with Crippen LogP contribution in [0.2, 0.25) is 0 Å². The monoisotopic (exact) mass is 340 g/mol. The Bertz CT molecular complexity index is 635. The Labute approximate surface area is 142 Å². The van der Waals surface area contributed by atoms with Crippen molar-refractivity contribution in [1.29, 1.82) is 0 Å². The summed E-state index contributed by atoms with van der Waals surface area (Å²) < 4.78 is 31.0. The van der Waals surface area contributed by atoms with E-state index in [0.29, 0.717) is 17.3 Å². The highest BCUT2D eigenvalue weighted by atomic mass is 32.2. The van der Waals surface area contributed by atoms with Crippen LogP contribution in [0, 0.1) is 5.41 Å². The lowest BCUT2D eigenvalue weighted by Crippen LogP contribution is -2.25.